The number of amides is 2. The quantitative estimate of drug-likeness (QED) is 0.883. The van der Waals surface area contributed by atoms with Crippen molar-refractivity contribution in [1.29, 1.82) is 0 Å². The van der Waals surface area contributed by atoms with E-state index in [1.807, 2.05) is 6.92 Å². The number of hydrogen-bond donors (Lipinski definition) is 2. The number of benzene rings is 1. The minimum Gasteiger partial charge on any atom is -0.391 e. The minimum atomic E-state index is -0.411. The van der Waals surface area contributed by atoms with Crippen LogP contribution in [0.3, 0.4) is 0 Å². The van der Waals surface area contributed by atoms with Crippen molar-refractivity contribution in [3.63, 3.8) is 0 Å². The molecule has 2 N–H and O–H groups in total. The van der Waals surface area contributed by atoms with E-state index in [-0.39, 0.29) is 17.5 Å². The molecule has 3 rings (SSSR count). The summed E-state index contributed by atoms with van der Waals surface area (Å²) in [4.78, 5) is 16.7. The molecule has 0 radical (unpaired) electrons. The van der Waals surface area contributed by atoms with Crippen molar-refractivity contribution in [2.45, 2.75) is 51.8 Å². The molecule has 1 aromatic carbocycles. The fourth-order valence-electron chi connectivity index (χ4n) is 3.76. The molecule has 0 bridgehead atoms. The number of hydrogen-bond acceptors (Lipinski definition) is 3. The van der Waals surface area contributed by atoms with Gasteiger partial charge in [-0.05, 0) is 43.7 Å². The van der Waals surface area contributed by atoms with Crippen LogP contribution in [-0.4, -0.2) is 58.8 Å². The van der Waals surface area contributed by atoms with Crippen LogP contribution >= 0.6 is 0 Å². The third-order valence-corrected chi connectivity index (χ3v) is 5.86. The lowest BCUT2D eigenvalue weighted by atomic mass is 9.94. The maximum atomic E-state index is 12.5. The molecule has 1 fully saturated rings. The van der Waals surface area contributed by atoms with Gasteiger partial charge < -0.3 is 15.3 Å². The summed E-state index contributed by atoms with van der Waals surface area (Å²) in [5.41, 5.74) is 2.72. The summed E-state index contributed by atoms with van der Waals surface area (Å²) in [6.07, 6.45) is 1.51. The van der Waals surface area contributed by atoms with Gasteiger partial charge in [0.05, 0.1) is 6.10 Å². The molecule has 138 valence electrons. The Labute approximate surface area is 151 Å². The number of aliphatic hydroxyl groups excluding tert-OH is 1. The van der Waals surface area contributed by atoms with Crippen molar-refractivity contribution >= 4 is 6.03 Å². The summed E-state index contributed by atoms with van der Waals surface area (Å²) in [6.45, 7) is 10.1. The molecule has 2 amide bonds. The largest absolute Gasteiger partial charge is 0.391 e. The summed E-state index contributed by atoms with van der Waals surface area (Å²) < 4.78 is 0. The Morgan fingerprint density at radius 2 is 2.00 bits per heavy atom. The molecule has 2 heterocycles. The summed E-state index contributed by atoms with van der Waals surface area (Å²) in [7, 11) is 0. The summed E-state index contributed by atoms with van der Waals surface area (Å²) in [6, 6.07) is 8.56. The number of rotatable bonds is 3. The Balaban J connectivity index is 1.54. The van der Waals surface area contributed by atoms with Crippen molar-refractivity contribution in [2.75, 3.05) is 26.2 Å². The molecule has 0 aromatic heterocycles. The van der Waals surface area contributed by atoms with Gasteiger partial charge in [0.15, 0.2) is 0 Å². The van der Waals surface area contributed by atoms with Crippen LogP contribution in [0.1, 0.15) is 38.3 Å². The number of fused-ring (bicyclic) bond motifs is 1. The fraction of sp³-hybridized carbons (Fsp3) is 0.650. The van der Waals surface area contributed by atoms with Gasteiger partial charge in [-0.3, -0.25) is 4.90 Å². The second kappa shape index (κ2) is 7.34. The number of carbonyl (C=O) groups excluding carboxylic acids is 1. The number of carbonyl (C=O) groups is 1. The zero-order valence-corrected chi connectivity index (χ0v) is 15.7. The van der Waals surface area contributed by atoms with Gasteiger partial charge in [-0.1, -0.05) is 31.2 Å². The van der Waals surface area contributed by atoms with Gasteiger partial charge in [0.1, 0.15) is 0 Å². The molecular formula is C20H31N3O2. The number of aliphatic hydroxyl groups is 1. The van der Waals surface area contributed by atoms with Crippen molar-refractivity contribution in [2.24, 2.45) is 5.92 Å². The van der Waals surface area contributed by atoms with E-state index < -0.39 is 6.10 Å². The molecule has 1 aromatic rings. The van der Waals surface area contributed by atoms with Crippen molar-refractivity contribution in [1.82, 2.24) is 15.1 Å². The van der Waals surface area contributed by atoms with Gasteiger partial charge in [-0.25, -0.2) is 4.79 Å². The lowest BCUT2D eigenvalue weighted by molar-refractivity contribution is 0.0417. The first kappa shape index (κ1) is 18.2. The molecule has 0 saturated carbocycles. The third-order valence-electron chi connectivity index (χ3n) is 5.86. The molecule has 5 nitrogen and oxygen atoms in total. The molecule has 2 aliphatic heterocycles. The Hall–Kier alpha value is -1.59. The molecule has 2 atom stereocenters. The van der Waals surface area contributed by atoms with Gasteiger partial charge in [0.2, 0.25) is 0 Å². The van der Waals surface area contributed by atoms with Crippen LogP contribution in [0.4, 0.5) is 4.79 Å². The molecule has 2 unspecified atom stereocenters. The molecule has 1 saturated heterocycles. The van der Waals surface area contributed by atoms with Crippen LogP contribution in [0, 0.1) is 5.92 Å². The standard InChI is InChI=1S/C20H31N3O2/c1-15-8-10-22(13-18(15)24)19(25)21-14-20(2,3)23-11-9-16-6-4-5-7-17(16)12-23/h4-7,15,18,24H,8-14H2,1-3H3,(H,21,25). The van der Waals surface area contributed by atoms with Gasteiger partial charge in [0, 0.05) is 38.3 Å². The van der Waals surface area contributed by atoms with E-state index in [1.54, 1.807) is 4.90 Å². The van der Waals surface area contributed by atoms with Gasteiger partial charge >= 0.3 is 6.03 Å². The van der Waals surface area contributed by atoms with E-state index in [2.05, 4.69) is 48.3 Å². The maximum absolute atomic E-state index is 12.5. The van der Waals surface area contributed by atoms with Crippen LogP contribution in [0.2, 0.25) is 0 Å². The lowest BCUT2D eigenvalue weighted by Gasteiger charge is -2.42. The summed E-state index contributed by atoms with van der Waals surface area (Å²) >= 11 is 0. The average Bonchev–Trinajstić information content (AvgIpc) is 2.61. The van der Waals surface area contributed by atoms with Gasteiger partial charge in [-0.15, -0.1) is 0 Å². The zero-order valence-electron chi connectivity index (χ0n) is 15.7. The second-order valence-electron chi connectivity index (χ2n) is 8.19. The molecule has 2 aliphatic rings. The third kappa shape index (κ3) is 4.15. The first-order valence-electron chi connectivity index (χ1n) is 9.39. The summed E-state index contributed by atoms with van der Waals surface area (Å²) in [5.74, 6) is 0.272. The molecule has 25 heavy (non-hydrogen) atoms. The van der Waals surface area contributed by atoms with E-state index in [1.165, 1.54) is 11.1 Å². The molecule has 0 spiro atoms. The molecule has 5 heteroatoms. The Morgan fingerprint density at radius 3 is 2.72 bits per heavy atom. The van der Waals surface area contributed by atoms with Crippen LogP contribution < -0.4 is 5.32 Å². The van der Waals surface area contributed by atoms with E-state index in [4.69, 9.17) is 0 Å². The van der Waals surface area contributed by atoms with Crippen molar-refractivity contribution in [3.05, 3.63) is 35.4 Å². The topological polar surface area (TPSA) is 55.8 Å². The van der Waals surface area contributed by atoms with Gasteiger partial charge in [-0.2, -0.15) is 0 Å². The SMILES string of the molecule is CC1CCN(C(=O)NCC(C)(C)N2CCc3ccccc3C2)CC1O. The maximum Gasteiger partial charge on any atom is 0.317 e. The zero-order chi connectivity index (χ0) is 18.0. The number of likely N-dealkylation sites (tertiary alicyclic amines) is 1. The number of nitrogens with zero attached hydrogens (tertiary/aromatic N) is 2. The first-order chi connectivity index (χ1) is 11.9. The average molecular weight is 345 g/mol. The Morgan fingerprint density at radius 1 is 1.28 bits per heavy atom. The number of urea groups is 1. The highest BCUT2D eigenvalue weighted by Gasteiger charge is 2.32. The smallest absolute Gasteiger partial charge is 0.317 e. The molecular weight excluding hydrogens is 314 g/mol. The predicted molar refractivity (Wildman–Crippen MR) is 99.4 cm³/mol. The van der Waals surface area contributed by atoms with Crippen molar-refractivity contribution in [3.8, 4) is 0 Å². The Bertz CT molecular complexity index is 617. The van der Waals surface area contributed by atoms with Crippen LogP contribution in [0.5, 0.6) is 0 Å². The fourth-order valence-corrected chi connectivity index (χ4v) is 3.76. The molecule has 0 aliphatic carbocycles. The predicted octanol–water partition coefficient (Wildman–Crippen LogP) is 2.24. The van der Waals surface area contributed by atoms with Crippen molar-refractivity contribution < 1.29 is 9.90 Å². The minimum absolute atomic E-state index is 0.0589. The van der Waals surface area contributed by atoms with Crippen LogP contribution in [0.15, 0.2) is 24.3 Å². The first-order valence-corrected chi connectivity index (χ1v) is 9.39. The van der Waals surface area contributed by atoms with Crippen LogP contribution in [0.25, 0.3) is 0 Å². The lowest BCUT2D eigenvalue weighted by Crippen LogP contribution is -2.56. The van der Waals surface area contributed by atoms with Gasteiger partial charge in [0.25, 0.3) is 0 Å². The number of piperidine rings is 1. The second-order valence-corrected chi connectivity index (χ2v) is 8.19. The number of β-amino-alcohol motifs (C(OH)–C–C–N with tert-alkyl or cyclic N) is 1. The normalized spacial score (nSPS) is 24.7. The summed E-state index contributed by atoms with van der Waals surface area (Å²) in [5, 5.41) is 13.1. The van der Waals surface area contributed by atoms with E-state index in [0.29, 0.717) is 13.1 Å². The van der Waals surface area contributed by atoms with E-state index in [0.717, 1.165) is 32.5 Å². The highest BCUT2D eigenvalue weighted by Crippen LogP contribution is 2.25. The number of nitrogens with one attached hydrogen (secondary N) is 1. The monoisotopic (exact) mass is 345 g/mol. The Kier molecular flexibility index (Phi) is 5.35. The van der Waals surface area contributed by atoms with E-state index in [9.17, 15) is 9.90 Å². The van der Waals surface area contributed by atoms with Crippen LogP contribution in [-0.2, 0) is 13.0 Å². The highest BCUT2D eigenvalue weighted by molar-refractivity contribution is 5.74. The van der Waals surface area contributed by atoms with E-state index >= 15 is 0 Å². The highest BCUT2D eigenvalue weighted by atomic mass is 16.3.